The summed E-state index contributed by atoms with van der Waals surface area (Å²) in [5.74, 6) is 0.678. The van der Waals surface area contributed by atoms with Crippen LogP contribution >= 0.6 is 0 Å². The van der Waals surface area contributed by atoms with Gasteiger partial charge >= 0.3 is 6.61 Å². The van der Waals surface area contributed by atoms with Crippen LogP contribution in [0.25, 0.3) is 0 Å². The summed E-state index contributed by atoms with van der Waals surface area (Å²) in [7, 11) is 0. The lowest BCUT2D eigenvalue weighted by Crippen LogP contribution is -2.33. The van der Waals surface area contributed by atoms with Gasteiger partial charge in [-0.05, 0) is 18.3 Å². The molecule has 0 aromatic heterocycles. The summed E-state index contributed by atoms with van der Waals surface area (Å²) in [6.07, 6.45) is 0.956. The minimum Gasteiger partial charge on any atom is -0.340 e. The van der Waals surface area contributed by atoms with Gasteiger partial charge in [-0.3, -0.25) is 4.79 Å². The van der Waals surface area contributed by atoms with Gasteiger partial charge in [-0.15, -0.1) is 0 Å². The highest BCUT2D eigenvalue weighted by atomic mass is 19.3. The lowest BCUT2D eigenvalue weighted by Gasteiger charge is -2.17. The minimum absolute atomic E-state index is 0.335. The van der Waals surface area contributed by atoms with Crippen LogP contribution in [0.1, 0.15) is 20.3 Å². The highest BCUT2D eigenvalue weighted by Gasteiger charge is 2.28. The van der Waals surface area contributed by atoms with Crippen molar-refractivity contribution in [2.75, 3.05) is 19.7 Å². The summed E-state index contributed by atoms with van der Waals surface area (Å²) in [6, 6.07) is 0. The zero-order valence-corrected chi connectivity index (χ0v) is 9.08. The second kappa shape index (κ2) is 5.39. The van der Waals surface area contributed by atoms with Crippen molar-refractivity contribution in [3.05, 3.63) is 0 Å². The molecule has 0 radical (unpaired) electrons. The molecule has 15 heavy (non-hydrogen) atoms. The van der Waals surface area contributed by atoms with Gasteiger partial charge in [0.05, 0.1) is 0 Å². The summed E-state index contributed by atoms with van der Waals surface area (Å²) >= 11 is 0. The number of hydrogen-bond acceptors (Lipinski definition) is 2. The first-order chi connectivity index (χ1) is 7.00. The van der Waals surface area contributed by atoms with Crippen molar-refractivity contribution < 1.29 is 18.3 Å². The van der Waals surface area contributed by atoms with E-state index in [4.69, 9.17) is 0 Å². The van der Waals surface area contributed by atoms with Gasteiger partial charge in [0, 0.05) is 13.1 Å². The molecule has 3 nitrogen and oxygen atoms in total. The smallest absolute Gasteiger partial charge is 0.340 e. The van der Waals surface area contributed by atoms with Crippen molar-refractivity contribution in [2.24, 2.45) is 11.8 Å². The molecule has 1 atom stereocenters. The van der Waals surface area contributed by atoms with Crippen LogP contribution in [-0.2, 0) is 9.53 Å². The maximum atomic E-state index is 11.7. The number of halogens is 2. The summed E-state index contributed by atoms with van der Waals surface area (Å²) in [5.41, 5.74) is 0. The number of carbonyl (C=O) groups is 1. The Morgan fingerprint density at radius 1 is 1.53 bits per heavy atom. The maximum absolute atomic E-state index is 11.7. The molecule has 0 aliphatic carbocycles. The van der Waals surface area contributed by atoms with Gasteiger partial charge in [0.2, 0.25) is 5.91 Å². The third kappa shape index (κ3) is 3.74. The Morgan fingerprint density at radius 3 is 2.67 bits per heavy atom. The van der Waals surface area contributed by atoms with Crippen LogP contribution in [0.4, 0.5) is 8.78 Å². The number of amides is 1. The maximum Gasteiger partial charge on any atom is 0.345 e. The molecular weight excluding hydrogens is 204 g/mol. The largest absolute Gasteiger partial charge is 0.345 e. The van der Waals surface area contributed by atoms with E-state index in [1.807, 2.05) is 0 Å². The van der Waals surface area contributed by atoms with Gasteiger partial charge in [-0.25, -0.2) is 0 Å². The number of rotatable bonds is 4. The fourth-order valence-electron chi connectivity index (χ4n) is 1.78. The van der Waals surface area contributed by atoms with Gasteiger partial charge in [-0.1, -0.05) is 13.8 Å². The van der Waals surface area contributed by atoms with Gasteiger partial charge in [0.15, 0.2) is 0 Å². The van der Waals surface area contributed by atoms with Gasteiger partial charge in [-0.2, -0.15) is 8.78 Å². The number of ether oxygens (including phenoxy) is 1. The molecule has 88 valence electrons. The van der Waals surface area contributed by atoms with Gasteiger partial charge < -0.3 is 9.64 Å². The number of alkyl halides is 2. The van der Waals surface area contributed by atoms with E-state index >= 15 is 0 Å². The van der Waals surface area contributed by atoms with E-state index in [9.17, 15) is 13.6 Å². The molecule has 1 heterocycles. The zero-order chi connectivity index (χ0) is 11.4. The van der Waals surface area contributed by atoms with E-state index in [-0.39, 0.29) is 5.91 Å². The van der Waals surface area contributed by atoms with E-state index < -0.39 is 13.2 Å². The van der Waals surface area contributed by atoms with Crippen LogP contribution in [0.2, 0.25) is 0 Å². The first-order valence-corrected chi connectivity index (χ1v) is 5.18. The summed E-state index contributed by atoms with van der Waals surface area (Å²) in [4.78, 5) is 13.0. The van der Waals surface area contributed by atoms with Crippen molar-refractivity contribution in [3.63, 3.8) is 0 Å². The molecule has 0 aromatic carbocycles. The first kappa shape index (κ1) is 12.4. The molecule has 0 bridgehead atoms. The van der Waals surface area contributed by atoms with Crippen molar-refractivity contribution in [2.45, 2.75) is 26.9 Å². The Bertz CT molecular complexity index is 221. The Labute approximate surface area is 88.4 Å². The normalized spacial score (nSPS) is 21.7. The third-order valence-electron chi connectivity index (χ3n) is 2.85. The Kier molecular flexibility index (Phi) is 4.45. The van der Waals surface area contributed by atoms with E-state index in [1.54, 1.807) is 4.90 Å². The SMILES string of the molecule is CC(C)C1CCN(C(=O)COC(F)F)C1. The van der Waals surface area contributed by atoms with E-state index in [1.165, 1.54) is 0 Å². The fourth-order valence-corrected chi connectivity index (χ4v) is 1.78. The monoisotopic (exact) mass is 221 g/mol. The average molecular weight is 221 g/mol. The quantitative estimate of drug-likeness (QED) is 0.723. The molecule has 1 aliphatic rings. The average Bonchev–Trinajstić information content (AvgIpc) is 2.62. The number of carbonyl (C=O) groups excluding carboxylic acids is 1. The van der Waals surface area contributed by atoms with Gasteiger partial charge in [0.1, 0.15) is 6.61 Å². The Morgan fingerprint density at radius 2 is 2.20 bits per heavy atom. The molecule has 0 aromatic rings. The second-order valence-electron chi connectivity index (χ2n) is 4.20. The zero-order valence-electron chi connectivity index (χ0n) is 9.08. The van der Waals surface area contributed by atoms with E-state index in [0.717, 1.165) is 6.42 Å². The summed E-state index contributed by atoms with van der Waals surface area (Å²) in [5, 5.41) is 0. The van der Waals surface area contributed by atoms with Crippen LogP contribution in [0.3, 0.4) is 0 Å². The van der Waals surface area contributed by atoms with Crippen LogP contribution in [-0.4, -0.2) is 37.1 Å². The minimum atomic E-state index is -2.86. The molecule has 5 heteroatoms. The van der Waals surface area contributed by atoms with Crippen LogP contribution in [0.15, 0.2) is 0 Å². The molecule has 1 unspecified atom stereocenters. The van der Waals surface area contributed by atoms with Crippen LogP contribution < -0.4 is 0 Å². The molecule has 1 saturated heterocycles. The molecule has 1 aliphatic heterocycles. The third-order valence-corrected chi connectivity index (χ3v) is 2.85. The van der Waals surface area contributed by atoms with Crippen LogP contribution in [0, 0.1) is 11.8 Å². The Hall–Kier alpha value is -0.710. The van der Waals surface area contributed by atoms with Crippen molar-refractivity contribution in [1.82, 2.24) is 4.90 Å². The summed E-state index contributed by atoms with van der Waals surface area (Å²) in [6.45, 7) is 2.17. The predicted molar refractivity (Wildman–Crippen MR) is 51.5 cm³/mol. The molecule has 1 fully saturated rings. The Balaban J connectivity index is 2.30. The molecule has 1 amide bonds. The second-order valence-corrected chi connectivity index (χ2v) is 4.20. The lowest BCUT2D eigenvalue weighted by molar-refractivity contribution is -0.159. The molecular formula is C10H17F2NO2. The van der Waals surface area contributed by atoms with Crippen molar-refractivity contribution in [3.8, 4) is 0 Å². The van der Waals surface area contributed by atoms with E-state index in [2.05, 4.69) is 18.6 Å². The highest BCUT2D eigenvalue weighted by molar-refractivity contribution is 5.77. The molecule has 0 N–H and O–H groups in total. The molecule has 0 spiro atoms. The van der Waals surface area contributed by atoms with Crippen molar-refractivity contribution in [1.29, 1.82) is 0 Å². The van der Waals surface area contributed by atoms with Gasteiger partial charge in [0.25, 0.3) is 0 Å². The number of likely N-dealkylation sites (tertiary alicyclic amines) is 1. The molecule has 0 saturated carbocycles. The first-order valence-electron chi connectivity index (χ1n) is 5.18. The fraction of sp³-hybridized carbons (Fsp3) is 0.900. The van der Waals surface area contributed by atoms with Crippen molar-refractivity contribution >= 4 is 5.91 Å². The lowest BCUT2D eigenvalue weighted by atomic mass is 9.95. The molecule has 1 rings (SSSR count). The topological polar surface area (TPSA) is 29.5 Å². The standard InChI is InChI=1S/C10H17F2NO2/c1-7(2)8-3-4-13(5-8)9(14)6-15-10(11)12/h7-8,10H,3-6H2,1-2H3. The number of hydrogen-bond donors (Lipinski definition) is 0. The van der Waals surface area contributed by atoms with Crippen LogP contribution in [0.5, 0.6) is 0 Å². The summed E-state index contributed by atoms with van der Waals surface area (Å²) < 4.78 is 27.4. The predicted octanol–water partition coefficient (Wildman–Crippen LogP) is 1.73. The van der Waals surface area contributed by atoms with E-state index in [0.29, 0.717) is 24.9 Å². The number of nitrogens with zero attached hydrogens (tertiary/aromatic N) is 1. The highest BCUT2D eigenvalue weighted by Crippen LogP contribution is 2.23.